The number of carboxylic acid groups (broad SMARTS) is 1. The average molecular weight is 404 g/mol. The molecule has 0 aromatic heterocycles. The van der Waals surface area contributed by atoms with Gasteiger partial charge >= 0.3 is 5.97 Å². The molecule has 0 spiro atoms. The summed E-state index contributed by atoms with van der Waals surface area (Å²) < 4.78 is 76.8. The van der Waals surface area contributed by atoms with Crippen LogP contribution >= 0.6 is 0 Å². The Hall–Kier alpha value is -3.37. The number of hydrazone groups is 1. The number of hydrogen-bond donors (Lipinski definition) is 2. The number of benzene rings is 2. The summed E-state index contributed by atoms with van der Waals surface area (Å²) in [4.78, 5) is 10.6. The van der Waals surface area contributed by atoms with Gasteiger partial charge in [-0.3, -0.25) is 5.43 Å². The van der Waals surface area contributed by atoms with E-state index in [2.05, 4.69) is 5.10 Å². The van der Waals surface area contributed by atoms with Crippen LogP contribution in [0.25, 0.3) is 0 Å². The van der Waals surface area contributed by atoms with Crippen LogP contribution in [0.1, 0.15) is 12.5 Å². The van der Waals surface area contributed by atoms with Gasteiger partial charge in [0.1, 0.15) is 5.69 Å². The zero-order valence-corrected chi connectivity index (χ0v) is 14.4. The van der Waals surface area contributed by atoms with E-state index in [1.54, 1.807) is 0 Å². The minimum absolute atomic E-state index is 0.104. The highest BCUT2D eigenvalue weighted by atomic mass is 19.2. The molecule has 0 aliphatic carbocycles. The summed E-state index contributed by atoms with van der Waals surface area (Å²) >= 11 is 0. The van der Waals surface area contributed by atoms with E-state index >= 15 is 0 Å². The van der Waals surface area contributed by atoms with Gasteiger partial charge < -0.3 is 14.6 Å². The minimum Gasteiger partial charge on any atom is -0.493 e. The largest absolute Gasteiger partial charge is 0.493 e. The van der Waals surface area contributed by atoms with Crippen LogP contribution in [-0.2, 0) is 4.79 Å². The topological polar surface area (TPSA) is 80.1 Å². The van der Waals surface area contributed by atoms with E-state index in [9.17, 15) is 26.7 Å². The molecule has 0 heterocycles. The Labute approximate surface area is 155 Å². The molecule has 2 N–H and O–H groups in total. The van der Waals surface area contributed by atoms with Crippen LogP contribution < -0.4 is 14.9 Å². The zero-order valence-electron chi connectivity index (χ0n) is 14.4. The molecule has 0 bridgehead atoms. The van der Waals surface area contributed by atoms with E-state index in [1.165, 1.54) is 32.2 Å². The third kappa shape index (κ3) is 4.30. The second kappa shape index (κ2) is 8.55. The van der Waals surface area contributed by atoms with Gasteiger partial charge in [-0.25, -0.2) is 26.7 Å². The highest BCUT2D eigenvalue weighted by Crippen LogP contribution is 2.29. The monoisotopic (exact) mass is 404 g/mol. The van der Waals surface area contributed by atoms with E-state index in [1.807, 2.05) is 5.43 Å². The lowest BCUT2D eigenvalue weighted by atomic mass is 10.1. The number of halogens is 5. The number of nitrogens with one attached hydrogen (secondary N) is 1. The van der Waals surface area contributed by atoms with Crippen LogP contribution in [0.5, 0.6) is 11.5 Å². The quantitative estimate of drug-likeness (QED) is 0.242. The molecule has 0 aliphatic rings. The first-order valence-electron chi connectivity index (χ1n) is 7.52. The first-order valence-corrected chi connectivity index (χ1v) is 7.52. The summed E-state index contributed by atoms with van der Waals surface area (Å²) in [6.45, 7) is 0.788. The standard InChI is InChI=1S/C17H13F5N2O4/c1-7(8-3-4-9(10(5-8)27-2)28-6-11(25)26)23-24-17-15(21)13(19)12(18)14(20)16(17)22/h3-5,24H,6H2,1-2H3,(H,25,26)/b23-7-. The lowest BCUT2D eigenvalue weighted by molar-refractivity contribution is -0.139. The number of carbonyl (C=O) groups is 1. The molecule has 11 heteroatoms. The Bertz CT molecular complexity index is 921. The van der Waals surface area contributed by atoms with Gasteiger partial charge in [0.2, 0.25) is 5.82 Å². The number of carboxylic acids is 1. The van der Waals surface area contributed by atoms with E-state index < -0.39 is 47.3 Å². The summed E-state index contributed by atoms with van der Waals surface area (Å²) in [5.74, 6) is -11.5. The lowest BCUT2D eigenvalue weighted by Crippen LogP contribution is -2.10. The van der Waals surface area contributed by atoms with Gasteiger partial charge in [-0.15, -0.1) is 0 Å². The second-order valence-electron chi connectivity index (χ2n) is 5.30. The van der Waals surface area contributed by atoms with Crippen LogP contribution in [0.3, 0.4) is 0 Å². The van der Waals surface area contributed by atoms with Gasteiger partial charge in [-0.2, -0.15) is 5.10 Å². The average Bonchev–Trinajstić information content (AvgIpc) is 2.68. The molecule has 0 atom stereocenters. The van der Waals surface area contributed by atoms with Crippen molar-refractivity contribution in [3.63, 3.8) is 0 Å². The van der Waals surface area contributed by atoms with E-state index in [4.69, 9.17) is 14.6 Å². The fraction of sp³-hybridized carbons (Fsp3) is 0.176. The maximum Gasteiger partial charge on any atom is 0.341 e. The molecule has 28 heavy (non-hydrogen) atoms. The molecule has 0 radical (unpaired) electrons. The molecule has 0 saturated carbocycles. The predicted octanol–water partition coefficient (Wildman–Crippen LogP) is 3.69. The fourth-order valence-corrected chi connectivity index (χ4v) is 2.06. The van der Waals surface area contributed by atoms with Crippen molar-refractivity contribution in [2.45, 2.75) is 6.92 Å². The molecule has 0 fully saturated rings. The van der Waals surface area contributed by atoms with Crippen molar-refractivity contribution < 1.29 is 41.3 Å². The Morgan fingerprint density at radius 3 is 2.14 bits per heavy atom. The molecule has 6 nitrogen and oxygen atoms in total. The van der Waals surface area contributed by atoms with E-state index in [0.717, 1.165) is 0 Å². The van der Waals surface area contributed by atoms with Crippen LogP contribution in [0, 0.1) is 29.1 Å². The first-order chi connectivity index (χ1) is 13.2. The third-order valence-electron chi connectivity index (χ3n) is 3.48. The highest BCUT2D eigenvalue weighted by molar-refractivity contribution is 5.99. The Morgan fingerprint density at radius 2 is 1.61 bits per heavy atom. The second-order valence-corrected chi connectivity index (χ2v) is 5.30. The van der Waals surface area contributed by atoms with Crippen LogP contribution in [0.15, 0.2) is 23.3 Å². The van der Waals surface area contributed by atoms with Crippen molar-refractivity contribution in [1.82, 2.24) is 0 Å². The number of anilines is 1. The smallest absolute Gasteiger partial charge is 0.341 e. The van der Waals surface area contributed by atoms with Crippen molar-refractivity contribution in [2.24, 2.45) is 5.10 Å². The summed E-state index contributed by atoms with van der Waals surface area (Å²) in [5.41, 5.74) is 0.967. The Kier molecular flexibility index (Phi) is 6.39. The number of ether oxygens (including phenoxy) is 2. The van der Waals surface area contributed by atoms with Gasteiger partial charge in [0.15, 0.2) is 41.4 Å². The summed E-state index contributed by atoms with van der Waals surface area (Å²) in [6, 6.07) is 4.18. The van der Waals surface area contributed by atoms with Crippen LogP contribution in [0.2, 0.25) is 0 Å². The number of hydrogen-bond acceptors (Lipinski definition) is 5. The highest BCUT2D eigenvalue weighted by Gasteiger charge is 2.25. The molecule has 0 saturated heterocycles. The predicted molar refractivity (Wildman–Crippen MR) is 88.2 cm³/mol. The third-order valence-corrected chi connectivity index (χ3v) is 3.48. The molecule has 0 unspecified atom stereocenters. The molecular weight excluding hydrogens is 391 g/mol. The van der Waals surface area contributed by atoms with Gasteiger partial charge in [0.05, 0.1) is 12.8 Å². The number of rotatable bonds is 7. The molecule has 2 aromatic carbocycles. The van der Waals surface area contributed by atoms with Crippen molar-refractivity contribution >= 4 is 17.4 Å². The fourth-order valence-electron chi connectivity index (χ4n) is 2.06. The maximum absolute atomic E-state index is 13.6. The number of methoxy groups -OCH3 is 1. The summed E-state index contributed by atoms with van der Waals surface area (Å²) in [6.07, 6.45) is 0. The number of aliphatic carboxylic acids is 1. The molecule has 2 rings (SSSR count). The van der Waals surface area contributed by atoms with Crippen LogP contribution in [-0.4, -0.2) is 30.5 Å². The van der Waals surface area contributed by atoms with Gasteiger partial charge in [0, 0.05) is 5.56 Å². The molecule has 2 aromatic rings. The summed E-state index contributed by atoms with van der Waals surface area (Å²) in [5, 5.41) is 12.2. The minimum atomic E-state index is -2.28. The normalized spacial score (nSPS) is 11.3. The van der Waals surface area contributed by atoms with E-state index in [0.29, 0.717) is 5.56 Å². The van der Waals surface area contributed by atoms with Gasteiger partial charge in [0.25, 0.3) is 0 Å². The summed E-state index contributed by atoms with van der Waals surface area (Å²) in [7, 11) is 1.30. The molecule has 0 aliphatic heterocycles. The van der Waals surface area contributed by atoms with Crippen LogP contribution in [0.4, 0.5) is 27.6 Å². The maximum atomic E-state index is 13.6. The van der Waals surface area contributed by atoms with Gasteiger partial charge in [-0.05, 0) is 25.1 Å². The molecular formula is C17H13F5N2O4. The van der Waals surface area contributed by atoms with Crippen molar-refractivity contribution in [2.75, 3.05) is 19.1 Å². The van der Waals surface area contributed by atoms with E-state index in [-0.39, 0.29) is 17.2 Å². The number of nitrogens with zero attached hydrogens (tertiary/aromatic N) is 1. The van der Waals surface area contributed by atoms with Crippen molar-refractivity contribution in [3.05, 3.63) is 52.8 Å². The first kappa shape index (κ1) is 20.9. The van der Waals surface area contributed by atoms with Crippen molar-refractivity contribution in [3.8, 4) is 11.5 Å². The Balaban J connectivity index is 2.31. The van der Waals surface area contributed by atoms with Crippen molar-refractivity contribution in [1.29, 1.82) is 0 Å². The zero-order chi connectivity index (χ0) is 21.0. The Morgan fingerprint density at radius 1 is 1.04 bits per heavy atom. The lowest BCUT2D eigenvalue weighted by Gasteiger charge is -2.11. The molecule has 0 amide bonds. The molecule has 150 valence electrons. The van der Waals surface area contributed by atoms with Gasteiger partial charge in [-0.1, -0.05) is 0 Å². The SMILES string of the molecule is COc1cc(/C(C)=N\Nc2c(F)c(F)c(F)c(F)c2F)ccc1OCC(=O)O.